The number of ether oxygens (including phenoxy) is 1. The number of hydrogen-bond acceptors (Lipinski definition) is 7. The van der Waals surface area contributed by atoms with Crippen LogP contribution < -0.4 is 5.32 Å². The van der Waals surface area contributed by atoms with Crippen molar-refractivity contribution in [3.05, 3.63) is 23.0 Å². The van der Waals surface area contributed by atoms with Crippen molar-refractivity contribution in [1.29, 1.82) is 0 Å². The minimum absolute atomic E-state index is 0.131. The summed E-state index contributed by atoms with van der Waals surface area (Å²) in [7, 11) is 1.70. The predicted octanol–water partition coefficient (Wildman–Crippen LogP) is 4.88. The van der Waals surface area contributed by atoms with Crippen molar-refractivity contribution >= 4 is 34.0 Å². The molecule has 8 heteroatoms. The molecule has 1 saturated carbocycles. The number of rotatable bonds is 9. The van der Waals surface area contributed by atoms with Crippen LogP contribution in [-0.2, 0) is 4.74 Å². The number of nitrogens with zero attached hydrogens (tertiary/aromatic N) is 3. The summed E-state index contributed by atoms with van der Waals surface area (Å²) in [4.78, 5) is 12.8. The van der Waals surface area contributed by atoms with Gasteiger partial charge in [-0.25, -0.2) is 0 Å². The van der Waals surface area contributed by atoms with Crippen LogP contribution >= 0.6 is 23.1 Å². The van der Waals surface area contributed by atoms with Crippen molar-refractivity contribution in [2.45, 2.75) is 69.3 Å². The van der Waals surface area contributed by atoms with E-state index in [9.17, 15) is 4.79 Å². The van der Waals surface area contributed by atoms with Crippen molar-refractivity contribution in [3.63, 3.8) is 0 Å². The Bertz CT molecular complexity index is 796. The number of anilines is 1. The Kier molecular flexibility index (Phi) is 7.54. The number of carbonyl (C=O) groups excluding carboxylic acids is 1. The summed E-state index contributed by atoms with van der Waals surface area (Å²) in [5.41, 5.74) is 2.88. The smallest absolute Gasteiger partial charge is 0.206 e. The lowest BCUT2D eigenvalue weighted by atomic mass is 9.96. The topological polar surface area (TPSA) is 69.0 Å². The summed E-state index contributed by atoms with van der Waals surface area (Å²) < 4.78 is 8.29. The molecule has 0 spiro atoms. The van der Waals surface area contributed by atoms with Crippen molar-refractivity contribution in [2.24, 2.45) is 0 Å². The summed E-state index contributed by atoms with van der Waals surface area (Å²) in [6, 6.07) is 2.71. The average Bonchev–Trinajstić information content (AvgIpc) is 3.24. The van der Waals surface area contributed by atoms with E-state index in [-0.39, 0.29) is 11.8 Å². The molecule has 1 atom stereocenters. The maximum Gasteiger partial charge on any atom is 0.206 e. The molecule has 2 aromatic rings. The van der Waals surface area contributed by atoms with E-state index in [4.69, 9.17) is 4.74 Å². The van der Waals surface area contributed by atoms with Crippen LogP contribution in [0.15, 0.2) is 10.4 Å². The number of hydrogen-bond donors (Lipinski definition) is 1. The van der Waals surface area contributed by atoms with Gasteiger partial charge in [-0.2, -0.15) is 0 Å². The van der Waals surface area contributed by atoms with Crippen molar-refractivity contribution in [2.75, 3.05) is 24.8 Å². The molecule has 1 aliphatic carbocycles. The first kappa shape index (κ1) is 21.3. The standard InChI is InChI=1S/C20H30N4O2S2/c1-13-10-17(15(3)24(13)14(2)11-26-4)18(25)12-27-20-23-22-19(28-20)21-16-8-6-5-7-9-16/h10,14,16H,5-9,11-12H2,1-4H3,(H,21,22). The van der Waals surface area contributed by atoms with Gasteiger partial charge in [0.1, 0.15) is 0 Å². The van der Waals surface area contributed by atoms with Crippen LogP contribution in [0.1, 0.15) is 66.8 Å². The molecule has 154 valence electrons. The Morgan fingerprint density at radius 2 is 2.11 bits per heavy atom. The number of nitrogens with one attached hydrogen (secondary N) is 1. The van der Waals surface area contributed by atoms with Gasteiger partial charge in [-0.05, 0) is 39.7 Å². The molecule has 0 radical (unpaired) electrons. The summed E-state index contributed by atoms with van der Waals surface area (Å²) in [6.07, 6.45) is 6.32. The zero-order valence-electron chi connectivity index (χ0n) is 17.2. The zero-order chi connectivity index (χ0) is 20.1. The van der Waals surface area contributed by atoms with Gasteiger partial charge < -0.3 is 14.6 Å². The fourth-order valence-corrected chi connectivity index (χ4v) is 5.72. The van der Waals surface area contributed by atoms with Gasteiger partial charge >= 0.3 is 0 Å². The number of ketones is 1. The molecule has 0 saturated heterocycles. The van der Waals surface area contributed by atoms with E-state index in [1.807, 2.05) is 19.9 Å². The van der Waals surface area contributed by atoms with Crippen LogP contribution in [0.2, 0.25) is 0 Å². The normalized spacial score (nSPS) is 16.3. The van der Waals surface area contributed by atoms with E-state index in [0.29, 0.717) is 18.4 Å². The first-order valence-corrected chi connectivity index (χ1v) is 11.7. The summed E-state index contributed by atoms with van der Waals surface area (Å²) in [5.74, 6) is 0.507. The minimum Gasteiger partial charge on any atom is -0.383 e. The summed E-state index contributed by atoms with van der Waals surface area (Å²) in [5, 5.41) is 12.9. The third kappa shape index (κ3) is 5.15. The fourth-order valence-electron chi connectivity index (χ4n) is 4.01. The number of thioether (sulfide) groups is 1. The van der Waals surface area contributed by atoms with Gasteiger partial charge in [-0.1, -0.05) is 42.4 Å². The molecule has 0 aromatic carbocycles. The van der Waals surface area contributed by atoms with Crippen LogP contribution in [-0.4, -0.2) is 46.1 Å². The predicted molar refractivity (Wildman–Crippen MR) is 116 cm³/mol. The van der Waals surface area contributed by atoms with E-state index in [0.717, 1.165) is 26.4 Å². The monoisotopic (exact) mass is 422 g/mol. The molecule has 1 unspecified atom stereocenters. The second kappa shape index (κ2) is 9.89. The minimum atomic E-state index is 0.131. The highest BCUT2D eigenvalue weighted by atomic mass is 32.2. The van der Waals surface area contributed by atoms with Crippen LogP contribution in [0.4, 0.5) is 5.13 Å². The molecule has 1 N–H and O–H groups in total. The first-order chi connectivity index (χ1) is 13.5. The number of carbonyl (C=O) groups is 1. The van der Waals surface area contributed by atoms with Gasteiger partial charge in [-0.15, -0.1) is 10.2 Å². The average molecular weight is 423 g/mol. The van der Waals surface area contributed by atoms with E-state index in [1.54, 1.807) is 18.4 Å². The molecule has 28 heavy (non-hydrogen) atoms. The third-order valence-electron chi connectivity index (χ3n) is 5.30. The van der Waals surface area contributed by atoms with Crippen LogP contribution in [0.3, 0.4) is 0 Å². The Hall–Kier alpha value is -1.38. The van der Waals surface area contributed by atoms with Gasteiger partial charge in [0.15, 0.2) is 10.1 Å². The van der Waals surface area contributed by atoms with Gasteiger partial charge in [0.05, 0.1) is 18.4 Å². The maximum absolute atomic E-state index is 12.8. The molecule has 1 aliphatic rings. The highest BCUT2D eigenvalue weighted by Crippen LogP contribution is 2.29. The van der Waals surface area contributed by atoms with Crippen molar-refractivity contribution < 1.29 is 9.53 Å². The SMILES string of the molecule is COCC(C)n1c(C)cc(C(=O)CSc2nnc(NC3CCCCC3)s2)c1C. The summed E-state index contributed by atoms with van der Waals surface area (Å²) in [6.45, 7) is 6.78. The maximum atomic E-state index is 12.8. The first-order valence-electron chi connectivity index (χ1n) is 9.93. The molecule has 6 nitrogen and oxygen atoms in total. The van der Waals surface area contributed by atoms with Crippen LogP contribution in [0, 0.1) is 13.8 Å². The molecule has 0 amide bonds. The second-order valence-corrected chi connectivity index (χ2v) is 9.72. The summed E-state index contributed by atoms with van der Waals surface area (Å²) >= 11 is 3.01. The molecular weight excluding hydrogens is 392 g/mol. The second-order valence-electron chi connectivity index (χ2n) is 7.52. The fraction of sp³-hybridized carbons (Fsp3) is 0.650. The van der Waals surface area contributed by atoms with Gasteiger partial charge in [-0.3, -0.25) is 4.79 Å². The van der Waals surface area contributed by atoms with E-state index >= 15 is 0 Å². The number of Topliss-reactive ketones (excluding diaryl/α,β-unsaturated/α-hetero) is 1. The van der Waals surface area contributed by atoms with Crippen LogP contribution in [0.5, 0.6) is 0 Å². The van der Waals surface area contributed by atoms with Crippen LogP contribution in [0.25, 0.3) is 0 Å². The van der Waals surface area contributed by atoms with E-state index < -0.39 is 0 Å². The highest BCUT2D eigenvalue weighted by molar-refractivity contribution is 8.01. The Balaban J connectivity index is 1.58. The Morgan fingerprint density at radius 3 is 2.82 bits per heavy atom. The molecule has 1 fully saturated rings. The lowest BCUT2D eigenvalue weighted by molar-refractivity contribution is 0.102. The number of aromatic nitrogens is 3. The van der Waals surface area contributed by atoms with Gasteiger partial charge in [0, 0.05) is 30.1 Å². The zero-order valence-corrected chi connectivity index (χ0v) is 18.8. The molecule has 0 bridgehead atoms. The van der Waals surface area contributed by atoms with Gasteiger partial charge in [0.25, 0.3) is 0 Å². The molecular formula is C20H30N4O2S2. The number of methoxy groups -OCH3 is 1. The van der Waals surface area contributed by atoms with E-state index in [1.165, 1.54) is 43.9 Å². The van der Waals surface area contributed by atoms with Crippen molar-refractivity contribution in [1.82, 2.24) is 14.8 Å². The largest absolute Gasteiger partial charge is 0.383 e. The highest BCUT2D eigenvalue weighted by Gasteiger charge is 2.20. The lowest BCUT2D eigenvalue weighted by Gasteiger charge is -2.21. The molecule has 2 aromatic heterocycles. The molecule has 2 heterocycles. The van der Waals surface area contributed by atoms with Crippen molar-refractivity contribution in [3.8, 4) is 0 Å². The Morgan fingerprint density at radius 1 is 1.36 bits per heavy atom. The number of aryl methyl sites for hydroxylation is 1. The lowest BCUT2D eigenvalue weighted by Crippen LogP contribution is -2.21. The Labute approximate surface area is 175 Å². The molecule has 0 aliphatic heterocycles. The van der Waals surface area contributed by atoms with E-state index in [2.05, 4.69) is 27.0 Å². The molecule has 3 rings (SSSR count). The van der Waals surface area contributed by atoms with Gasteiger partial charge in [0.2, 0.25) is 5.13 Å². The third-order valence-corrected chi connectivity index (χ3v) is 7.29. The quantitative estimate of drug-likeness (QED) is 0.459.